The number of aromatic nitrogens is 2. The van der Waals surface area contributed by atoms with Gasteiger partial charge in [0.05, 0.1) is 28.8 Å². The zero-order valence-corrected chi connectivity index (χ0v) is 10.4. The molecular formula is C13H16N4. The molecule has 0 saturated heterocycles. The van der Waals surface area contributed by atoms with Gasteiger partial charge in [-0.1, -0.05) is 0 Å². The third-order valence-corrected chi connectivity index (χ3v) is 2.76. The number of nitrogens with zero attached hydrogens (tertiary/aromatic N) is 3. The Labute approximate surface area is 101 Å². The number of benzene rings is 1. The normalized spacial score (nSPS) is 11.4. The molecule has 1 aromatic heterocycles. The van der Waals surface area contributed by atoms with Crippen molar-refractivity contribution in [2.45, 2.75) is 13.8 Å². The van der Waals surface area contributed by atoms with Gasteiger partial charge in [-0.2, -0.15) is 5.26 Å². The Kier molecular flexibility index (Phi) is 2.76. The highest BCUT2D eigenvalue weighted by atomic mass is 15.0. The first kappa shape index (κ1) is 11.5. The Bertz CT molecular complexity index is 575. The first-order valence-electron chi connectivity index (χ1n) is 5.58. The molecular weight excluding hydrogens is 212 g/mol. The summed E-state index contributed by atoms with van der Waals surface area (Å²) in [5.74, 6) is 0. The highest BCUT2D eigenvalue weighted by Crippen LogP contribution is 2.19. The van der Waals surface area contributed by atoms with E-state index in [1.54, 1.807) is 6.33 Å². The molecule has 0 bridgehead atoms. The predicted molar refractivity (Wildman–Crippen MR) is 68.6 cm³/mol. The second-order valence-electron chi connectivity index (χ2n) is 4.91. The second kappa shape index (κ2) is 4.10. The Balaban J connectivity index is 2.18. The van der Waals surface area contributed by atoms with Crippen LogP contribution in [0.15, 0.2) is 24.5 Å². The third-order valence-electron chi connectivity index (χ3n) is 2.76. The van der Waals surface area contributed by atoms with Gasteiger partial charge in [-0.25, -0.2) is 4.98 Å². The summed E-state index contributed by atoms with van der Waals surface area (Å²) in [6.07, 6.45) is 1.80. The number of hydrogen-bond donors (Lipinski definition) is 1. The van der Waals surface area contributed by atoms with Crippen LogP contribution in [0.2, 0.25) is 0 Å². The molecule has 0 spiro atoms. The minimum absolute atomic E-state index is 0.362. The van der Waals surface area contributed by atoms with E-state index in [1.165, 1.54) is 0 Å². The van der Waals surface area contributed by atoms with Crippen molar-refractivity contribution in [2.75, 3.05) is 11.9 Å². The van der Waals surface area contributed by atoms with Crippen LogP contribution >= 0.6 is 0 Å². The van der Waals surface area contributed by atoms with E-state index in [4.69, 9.17) is 5.26 Å². The van der Waals surface area contributed by atoms with Crippen LogP contribution in [0.3, 0.4) is 0 Å². The minimum atomic E-state index is -0.362. The highest BCUT2D eigenvalue weighted by molar-refractivity contribution is 5.79. The zero-order valence-electron chi connectivity index (χ0n) is 10.4. The third kappa shape index (κ3) is 2.39. The summed E-state index contributed by atoms with van der Waals surface area (Å²) < 4.78 is 1.98. The minimum Gasteiger partial charge on any atom is -0.383 e. The summed E-state index contributed by atoms with van der Waals surface area (Å²) in [4.78, 5) is 4.30. The zero-order chi connectivity index (χ0) is 12.5. The van der Waals surface area contributed by atoms with Gasteiger partial charge in [0.25, 0.3) is 0 Å². The van der Waals surface area contributed by atoms with Crippen LogP contribution in [0, 0.1) is 16.7 Å². The molecule has 17 heavy (non-hydrogen) atoms. The van der Waals surface area contributed by atoms with Crippen molar-refractivity contribution < 1.29 is 0 Å². The monoisotopic (exact) mass is 228 g/mol. The van der Waals surface area contributed by atoms with E-state index in [0.717, 1.165) is 16.7 Å². The number of imidazole rings is 1. The Morgan fingerprint density at radius 2 is 2.24 bits per heavy atom. The lowest BCUT2D eigenvalue weighted by Crippen LogP contribution is -2.20. The molecule has 0 aliphatic heterocycles. The summed E-state index contributed by atoms with van der Waals surface area (Å²) in [5, 5.41) is 12.2. The maximum atomic E-state index is 8.94. The number of hydrogen-bond acceptors (Lipinski definition) is 3. The van der Waals surface area contributed by atoms with E-state index < -0.39 is 0 Å². The van der Waals surface area contributed by atoms with Crippen molar-refractivity contribution in [1.29, 1.82) is 5.26 Å². The lowest BCUT2D eigenvalue weighted by molar-refractivity contribution is 0.529. The molecule has 0 unspecified atom stereocenters. The maximum Gasteiger partial charge on any atom is 0.0955 e. The Hall–Kier alpha value is -2.02. The fourth-order valence-corrected chi connectivity index (χ4v) is 1.61. The summed E-state index contributed by atoms with van der Waals surface area (Å²) in [6, 6.07) is 8.32. The molecule has 0 amide bonds. The fourth-order valence-electron chi connectivity index (χ4n) is 1.61. The highest BCUT2D eigenvalue weighted by Gasteiger charge is 2.15. The molecule has 0 saturated carbocycles. The molecule has 1 aromatic carbocycles. The van der Waals surface area contributed by atoms with E-state index in [1.807, 2.05) is 43.7 Å². The van der Waals surface area contributed by atoms with Crippen molar-refractivity contribution in [3.8, 4) is 6.07 Å². The topological polar surface area (TPSA) is 53.6 Å². The summed E-state index contributed by atoms with van der Waals surface area (Å²) in [5.41, 5.74) is 2.71. The Morgan fingerprint density at radius 1 is 1.47 bits per heavy atom. The van der Waals surface area contributed by atoms with E-state index in [0.29, 0.717) is 6.54 Å². The standard InChI is InChI=1S/C13H16N4/c1-13(2,7-14)8-15-10-4-5-12-11(6-10)16-9-17(12)3/h4-6,9,15H,8H2,1-3H3. The van der Waals surface area contributed by atoms with Gasteiger partial charge in [-0.05, 0) is 32.0 Å². The van der Waals surface area contributed by atoms with Gasteiger partial charge in [0.1, 0.15) is 0 Å². The van der Waals surface area contributed by atoms with Crippen molar-refractivity contribution in [1.82, 2.24) is 9.55 Å². The van der Waals surface area contributed by atoms with Crippen LogP contribution in [0.1, 0.15) is 13.8 Å². The number of rotatable bonds is 3. The first-order valence-corrected chi connectivity index (χ1v) is 5.58. The average Bonchev–Trinajstić information content (AvgIpc) is 2.68. The molecule has 1 heterocycles. The van der Waals surface area contributed by atoms with Crippen molar-refractivity contribution >= 4 is 16.7 Å². The number of nitrogens with one attached hydrogen (secondary N) is 1. The number of nitriles is 1. The molecule has 4 nitrogen and oxygen atoms in total. The van der Waals surface area contributed by atoms with E-state index >= 15 is 0 Å². The van der Waals surface area contributed by atoms with Gasteiger partial charge < -0.3 is 9.88 Å². The maximum absolute atomic E-state index is 8.94. The SMILES string of the molecule is Cn1cnc2cc(NCC(C)(C)C#N)ccc21. The molecule has 88 valence electrons. The van der Waals surface area contributed by atoms with Gasteiger partial charge in [-0.15, -0.1) is 0 Å². The van der Waals surface area contributed by atoms with Crippen LogP contribution in [0.4, 0.5) is 5.69 Å². The van der Waals surface area contributed by atoms with Crippen LogP contribution < -0.4 is 5.32 Å². The molecule has 0 aliphatic carbocycles. The lowest BCUT2D eigenvalue weighted by atomic mass is 9.96. The average molecular weight is 228 g/mol. The molecule has 2 aromatic rings. The summed E-state index contributed by atoms with van der Waals surface area (Å²) in [6.45, 7) is 4.46. The number of fused-ring (bicyclic) bond motifs is 1. The molecule has 2 rings (SSSR count). The first-order chi connectivity index (χ1) is 8.02. The quantitative estimate of drug-likeness (QED) is 0.878. The molecule has 1 N–H and O–H groups in total. The Morgan fingerprint density at radius 3 is 2.94 bits per heavy atom. The van der Waals surface area contributed by atoms with Gasteiger partial charge in [0.2, 0.25) is 0 Å². The van der Waals surface area contributed by atoms with Crippen LogP contribution in [-0.2, 0) is 7.05 Å². The van der Waals surface area contributed by atoms with Crippen LogP contribution in [-0.4, -0.2) is 16.1 Å². The molecule has 0 fully saturated rings. The molecule has 4 heteroatoms. The number of anilines is 1. The predicted octanol–water partition coefficient (Wildman–Crippen LogP) is 2.53. The number of aryl methyl sites for hydroxylation is 1. The van der Waals surface area contributed by atoms with Crippen molar-refractivity contribution in [2.24, 2.45) is 12.5 Å². The lowest BCUT2D eigenvalue weighted by Gasteiger charge is -2.16. The van der Waals surface area contributed by atoms with Crippen LogP contribution in [0.5, 0.6) is 0 Å². The van der Waals surface area contributed by atoms with Crippen molar-refractivity contribution in [3.05, 3.63) is 24.5 Å². The van der Waals surface area contributed by atoms with Crippen LogP contribution in [0.25, 0.3) is 11.0 Å². The van der Waals surface area contributed by atoms with Gasteiger partial charge in [-0.3, -0.25) is 0 Å². The molecule has 0 radical (unpaired) electrons. The summed E-state index contributed by atoms with van der Waals surface area (Å²) in [7, 11) is 1.97. The van der Waals surface area contributed by atoms with Gasteiger partial charge in [0.15, 0.2) is 0 Å². The largest absolute Gasteiger partial charge is 0.383 e. The summed E-state index contributed by atoms with van der Waals surface area (Å²) >= 11 is 0. The van der Waals surface area contributed by atoms with E-state index in [-0.39, 0.29) is 5.41 Å². The molecule has 0 aliphatic rings. The van der Waals surface area contributed by atoms with Gasteiger partial charge >= 0.3 is 0 Å². The van der Waals surface area contributed by atoms with Gasteiger partial charge in [0, 0.05) is 19.3 Å². The van der Waals surface area contributed by atoms with E-state index in [9.17, 15) is 0 Å². The fraction of sp³-hybridized carbons (Fsp3) is 0.385. The second-order valence-corrected chi connectivity index (χ2v) is 4.91. The smallest absolute Gasteiger partial charge is 0.0955 e. The molecule has 0 atom stereocenters. The van der Waals surface area contributed by atoms with E-state index in [2.05, 4.69) is 16.4 Å². The van der Waals surface area contributed by atoms with Crippen molar-refractivity contribution in [3.63, 3.8) is 0 Å².